The van der Waals surface area contributed by atoms with Crippen molar-refractivity contribution in [2.75, 3.05) is 19.8 Å². The summed E-state index contributed by atoms with van der Waals surface area (Å²) in [5.74, 6) is -0.388. The molecule has 332 valence electrons. The molecule has 0 rings (SSSR count). The molecule has 0 aromatic rings. The molecule has 0 fully saturated rings. The minimum Gasteiger partial charge on any atom is -0.462 e. The van der Waals surface area contributed by atoms with Crippen LogP contribution in [0.3, 0.4) is 0 Å². The number of esters is 2. The van der Waals surface area contributed by atoms with E-state index in [1.165, 1.54) is 199 Å². The molecule has 56 heavy (non-hydrogen) atoms. The van der Waals surface area contributed by atoms with Crippen molar-refractivity contribution in [1.29, 1.82) is 0 Å². The quantitative estimate of drug-likeness (QED) is 0.0349. The molecule has 0 aliphatic heterocycles. The van der Waals surface area contributed by atoms with Crippen LogP contribution < -0.4 is 0 Å². The monoisotopic (exact) mass is 791 g/mol. The number of carbonyl (C=O) groups excluding carboxylic acids is 2. The van der Waals surface area contributed by atoms with Crippen molar-refractivity contribution < 1.29 is 23.8 Å². The second kappa shape index (κ2) is 48.0. The summed E-state index contributed by atoms with van der Waals surface area (Å²) in [6.45, 7) is 7.85. The van der Waals surface area contributed by atoms with E-state index in [1.807, 2.05) is 0 Å². The van der Waals surface area contributed by atoms with Crippen molar-refractivity contribution in [3.8, 4) is 0 Å². The molecule has 0 heterocycles. The topological polar surface area (TPSA) is 61.8 Å². The second-order valence-corrected chi connectivity index (χ2v) is 17.1. The van der Waals surface area contributed by atoms with Gasteiger partial charge in [-0.15, -0.1) is 0 Å². The number of ether oxygens (including phenoxy) is 3. The summed E-state index contributed by atoms with van der Waals surface area (Å²) in [4.78, 5) is 25.3. The third kappa shape index (κ3) is 45.3. The van der Waals surface area contributed by atoms with Crippen molar-refractivity contribution >= 4 is 11.9 Å². The van der Waals surface area contributed by atoms with Crippen LogP contribution in [-0.2, 0) is 23.8 Å². The Kier molecular flexibility index (Phi) is 46.8. The summed E-state index contributed by atoms with van der Waals surface area (Å²) in [5, 5.41) is 0. The van der Waals surface area contributed by atoms with E-state index in [9.17, 15) is 9.59 Å². The van der Waals surface area contributed by atoms with Crippen LogP contribution in [0.15, 0.2) is 12.2 Å². The van der Waals surface area contributed by atoms with E-state index in [0.717, 1.165) is 44.9 Å². The molecular weight excluding hydrogens is 693 g/mol. The van der Waals surface area contributed by atoms with Crippen molar-refractivity contribution in [2.24, 2.45) is 0 Å². The molecular formula is C51H98O5. The van der Waals surface area contributed by atoms with Crippen LogP contribution >= 0.6 is 0 Å². The van der Waals surface area contributed by atoms with E-state index in [1.54, 1.807) is 0 Å². The maximum Gasteiger partial charge on any atom is 0.306 e. The Morgan fingerprint density at radius 1 is 0.375 bits per heavy atom. The fourth-order valence-electron chi connectivity index (χ4n) is 7.51. The Balaban J connectivity index is 4.16. The van der Waals surface area contributed by atoms with Crippen molar-refractivity contribution in [3.05, 3.63) is 12.2 Å². The van der Waals surface area contributed by atoms with Gasteiger partial charge >= 0.3 is 11.9 Å². The Bertz CT molecular complexity index is 810. The standard InChI is InChI=1S/C51H98O5/c1-4-7-10-13-16-19-22-24-25-26-27-29-30-32-35-38-41-44-50(52)55-48-49(47-54-46-43-40-37-34-21-18-15-12-9-6-3)56-51(53)45-42-39-36-33-31-28-23-20-17-14-11-8-5-2/h20,23,49H,4-19,21-22,24-48H2,1-3H3/b23-20-. The van der Waals surface area contributed by atoms with Gasteiger partial charge in [0.15, 0.2) is 6.10 Å². The summed E-state index contributed by atoms with van der Waals surface area (Å²) >= 11 is 0. The van der Waals surface area contributed by atoms with Crippen LogP contribution in [0.4, 0.5) is 0 Å². The minimum absolute atomic E-state index is 0.0910. The lowest BCUT2D eigenvalue weighted by molar-refractivity contribution is -0.163. The summed E-state index contributed by atoms with van der Waals surface area (Å²) in [7, 11) is 0. The zero-order valence-corrected chi connectivity index (χ0v) is 38.2. The highest BCUT2D eigenvalue weighted by atomic mass is 16.6. The van der Waals surface area contributed by atoms with E-state index >= 15 is 0 Å². The van der Waals surface area contributed by atoms with Crippen LogP contribution in [0.1, 0.15) is 278 Å². The average molecular weight is 791 g/mol. The molecule has 0 aliphatic rings. The fourth-order valence-corrected chi connectivity index (χ4v) is 7.51. The molecule has 1 atom stereocenters. The van der Waals surface area contributed by atoms with Crippen LogP contribution in [0.25, 0.3) is 0 Å². The summed E-state index contributed by atoms with van der Waals surface area (Å²) in [6.07, 6.45) is 53.5. The first-order valence-electron chi connectivity index (χ1n) is 25.2. The van der Waals surface area contributed by atoms with E-state index in [2.05, 4.69) is 32.9 Å². The van der Waals surface area contributed by atoms with E-state index in [4.69, 9.17) is 14.2 Å². The Morgan fingerprint density at radius 2 is 0.696 bits per heavy atom. The lowest BCUT2D eigenvalue weighted by Crippen LogP contribution is -2.30. The second-order valence-electron chi connectivity index (χ2n) is 17.1. The molecule has 5 nitrogen and oxygen atoms in total. The first kappa shape index (κ1) is 54.6. The zero-order valence-electron chi connectivity index (χ0n) is 38.2. The first-order chi connectivity index (χ1) is 27.6. The Labute approximate surface area is 350 Å². The summed E-state index contributed by atoms with van der Waals surface area (Å²) in [6, 6.07) is 0. The number of allylic oxidation sites excluding steroid dienone is 2. The molecule has 0 aromatic heterocycles. The number of hydrogen-bond donors (Lipinski definition) is 0. The van der Waals surface area contributed by atoms with Crippen LogP contribution in [0.2, 0.25) is 0 Å². The summed E-state index contributed by atoms with van der Waals surface area (Å²) in [5.41, 5.74) is 0. The van der Waals surface area contributed by atoms with Gasteiger partial charge in [-0.3, -0.25) is 9.59 Å². The molecule has 1 unspecified atom stereocenters. The molecule has 0 aromatic carbocycles. The van der Waals surface area contributed by atoms with Gasteiger partial charge < -0.3 is 14.2 Å². The largest absolute Gasteiger partial charge is 0.462 e. The first-order valence-corrected chi connectivity index (χ1v) is 25.2. The third-order valence-corrected chi connectivity index (χ3v) is 11.3. The molecule has 0 bridgehead atoms. The lowest BCUT2D eigenvalue weighted by atomic mass is 10.0. The smallest absolute Gasteiger partial charge is 0.306 e. The molecule has 0 N–H and O–H groups in total. The molecule has 0 spiro atoms. The molecule has 0 amide bonds. The van der Waals surface area contributed by atoms with Gasteiger partial charge in [0.25, 0.3) is 0 Å². The van der Waals surface area contributed by atoms with Gasteiger partial charge in [-0.25, -0.2) is 0 Å². The molecule has 0 radical (unpaired) electrons. The molecule has 0 saturated heterocycles. The number of unbranched alkanes of at least 4 members (excludes halogenated alkanes) is 34. The number of carbonyl (C=O) groups is 2. The zero-order chi connectivity index (χ0) is 40.7. The molecule has 0 saturated carbocycles. The van der Waals surface area contributed by atoms with Crippen molar-refractivity contribution in [2.45, 2.75) is 284 Å². The SMILES string of the molecule is CCCCCC/C=C\CCCCCCCC(=O)OC(COCCCCCCCCCCCC)COC(=O)CCCCCCCCCCCCCCCCCCC. The van der Waals surface area contributed by atoms with Crippen LogP contribution in [0.5, 0.6) is 0 Å². The van der Waals surface area contributed by atoms with E-state index in [0.29, 0.717) is 26.1 Å². The molecule has 0 aliphatic carbocycles. The van der Waals surface area contributed by atoms with Gasteiger partial charge in [-0.2, -0.15) is 0 Å². The maximum atomic E-state index is 12.7. The van der Waals surface area contributed by atoms with Crippen LogP contribution in [0, 0.1) is 0 Å². The average Bonchev–Trinajstić information content (AvgIpc) is 3.20. The lowest BCUT2D eigenvalue weighted by Gasteiger charge is -2.18. The fraction of sp³-hybridized carbons (Fsp3) is 0.922. The van der Waals surface area contributed by atoms with Gasteiger partial charge in [-0.1, -0.05) is 232 Å². The van der Waals surface area contributed by atoms with Gasteiger partial charge in [0.2, 0.25) is 0 Å². The predicted molar refractivity (Wildman–Crippen MR) is 242 cm³/mol. The number of rotatable bonds is 47. The van der Waals surface area contributed by atoms with Gasteiger partial charge in [0, 0.05) is 19.4 Å². The Morgan fingerprint density at radius 3 is 1.11 bits per heavy atom. The normalized spacial score (nSPS) is 12.1. The van der Waals surface area contributed by atoms with Gasteiger partial charge in [0.1, 0.15) is 6.61 Å². The van der Waals surface area contributed by atoms with E-state index < -0.39 is 6.10 Å². The van der Waals surface area contributed by atoms with Gasteiger partial charge in [0.05, 0.1) is 6.61 Å². The van der Waals surface area contributed by atoms with E-state index in [-0.39, 0.29) is 18.5 Å². The van der Waals surface area contributed by atoms with Crippen molar-refractivity contribution in [3.63, 3.8) is 0 Å². The van der Waals surface area contributed by atoms with Crippen molar-refractivity contribution in [1.82, 2.24) is 0 Å². The summed E-state index contributed by atoms with van der Waals surface area (Å²) < 4.78 is 17.4. The number of hydrogen-bond acceptors (Lipinski definition) is 5. The highest BCUT2D eigenvalue weighted by Gasteiger charge is 2.17. The maximum absolute atomic E-state index is 12.7. The third-order valence-electron chi connectivity index (χ3n) is 11.3. The molecule has 5 heteroatoms. The highest BCUT2D eigenvalue weighted by Crippen LogP contribution is 2.16. The predicted octanol–water partition coefficient (Wildman–Crippen LogP) is 16.7. The highest BCUT2D eigenvalue weighted by molar-refractivity contribution is 5.70. The van der Waals surface area contributed by atoms with Gasteiger partial charge in [-0.05, 0) is 44.9 Å². The van der Waals surface area contributed by atoms with Crippen LogP contribution in [-0.4, -0.2) is 37.9 Å². The minimum atomic E-state index is -0.529. The Hall–Kier alpha value is -1.36.